The van der Waals surface area contributed by atoms with E-state index >= 15 is 0 Å². The third-order valence-electron chi connectivity index (χ3n) is 3.33. The van der Waals surface area contributed by atoms with Crippen molar-refractivity contribution in [1.82, 2.24) is 0 Å². The summed E-state index contributed by atoms with van der Waals surface area (Å²) in [4.78, 5) is 0.0137. The van der Waals surface area contributed by atoms with Crippen molar-refractivity contribution in [3.63, 3.8) is 0 Å². The van der Waals surface area contributed by atoms with Crippen molar-refractivity contribution in [1.29, 1.82) is 0 Å². The highest BCUT2D eigenvalue weighted by Crippen LogP contribution is 2.39. The number of fused-ring (bicyclic) bond motifs is 1. The zero-order valence-electron chi connectivity index (χ0n) is 10.5. The zero-order valence-corrected chi connectivity index (χ0v) is 13.6. The second kappa shape index (κ2) is 5.77. The molecule has 0 aliphatic rings. The predicted molar refractivity (Wildman–Crippen MR) is 91.2 cm³/mol. The molecule has 3 aromatic carbocycles. The molecule has 0 aromatic heterocycles. The Bertz CT molecular complexity index is 763. The molecule has 100 valence electrons. The fourth-order valence-corrected chi connectivity index (χ4v) is 3.66. The Morgan fingerprint density at radius 2 is 1.55 bits per heavy atom. The smallest absolute Gasteiger partial charge is 0.0665 e. The largest absolute Gasteiger partial charge is 0.0843 e. The van der Waals surface area contributed by atoms with Crippen LogP contribution in [0.4, 0.5) is 0 Å². The molecule has 0 amide bonds. The van der Waals surface area contributed by atoms with Crippen LogP contribution in [0.25, 0.3) is 10.8 Å². The Hall–Kier alpha value is -1.02. The van der Waals surface area contributed by atoms with Crippen LogP contribution in [0.5, 0.6) is 0 Å². The Labute approximate surface area is 136 Å². The van der Waals surface area contributed by atoms with Gasteiger partial charge in [0.1, 0.15) is 0 Å². The first-order valence-corrected chi connectivity index (χ1v) is 7.90. The van der Waals surface area contributed by atoms with Crippen molar-refractivity contribution < 1.29 is 0 Å². The van der Waals surface area contributed by atoms with Gasteiger partial charge in [-0.1, -0.05) is 81.6 Å². The lowest BCUT2D eigenvalue weighted by atomic mass is 9.98. The van der Waals surface area contributed by atoms with Gasteiger partial charge < -0.3 is 0 Å². The van der Waals surface area contributed by atoms with Gasteiger partial charge in [-0.05, 0) is 40.1 Å². The van der Waals surface area contributed by atoms with Crippen molar-refractivity contribution in [3.8, 4) is 0 Å². The van der Waals surface area contributed by atoms with Gasteiger partial charge in [0, 0.05) is 10.0 Å². The van der Waals surface area contributed by atoms with Gasteiger partial charge in [0.05, 0.1) is 4.83 Å². The lowest BCUT2D eigenvalue weighted by molar-refractivity contribution is 1.20. The molecule has 0 radical (unpaired) electrons. The highest BCUT2D eigenvalue weighted by atomic mass is 79.9. The lowest BCUT2D eigenvalue weighted by Gasteiger charge is -2.15. The highest BCUT2D eigenvalue weighted by Gasteiger charge is 2.16. The van der Waals surface area contributed by atoms with Crippen LogP contribution in [0, 0.1) is 0 Å². The minimum absolute atomic E-state index is 0.0137. The summed E-state index contributed by atoms with van der Waals surface area (Å²) in [5.74, 6) is 0. The van der Waals surface area contributed by atoms with Crippen molar-refractivity contribution in [3.05, 3.63) is 81.8 Å². The fourth-order valence-electron chi connectivity index (χ4n) is 2.35. The molecule has 0 bridgehead atoms. The summed E-state index contributed by atoms with van der Waals surface area (Å²) in [7, 11) is 0. The van der Waals surface area contributed by atoms with E-state index in [2.05, 4.69) is 46.3 Å². The van der Waals surface area contributed by atoms with Crippen molar-refractivity contribution >= 4 is 49.9 Å². The van der Waals surface area contributed by atoms with E-state index in [1.807, 2.05) is 24.3 Å². The third kappa shape index (κ3) is 2.58. The Morgan fingerprint density at radius 3 is 2.40 bits per heavy atom. The maximum absolute atomic E-state index is 6.30. The van der Waals surface area contributed by atoms with Crippen LogP contribution >= 0.6 is 39.1 Å². The molecule has 0 heterocycles. The normalized spacial score (nSPS) is 12.6. The van der Waals surface area contributed by atoms with Gasteiger partial charge in [-0.15, -0.1) is 0 Å². The molecule has 0 saturated heterocycles. The van der Waals surface area contributed by atoms with E-state index in [0.717, 1.165) is 5.56 Å². The summed E-state index contributed by atoms with van der Waals surface area (Å²) in [6, 6.07) is 20.1. The van der Waals surface area contributed by atoms with E-state index in [9.17, 15) is 0 Å². The minimum Gasteiger partial charge on any atom is -0.0843 e. The second-order valence-corrected chi connectivity index (χ2v) is 6.36. The number of halogens is 3. The van der Waals surface area contributed by atoms with E-state index in [-0.39, 0.29) is 4.83 Å². The van der Waals surface area contributed by atoms with Gasteiger partial charge in [-0.2, -0.15) is 0 Å². The number of hydrogen-bond acceptors (Lipinski definition) is 0. The summed E-state index contributed by atoms with van der Waals surface area (Å²) < 4.78 is 0. The van der Waals surface area contributed by atoms with Crippen molar-refractivity contribution in [2.75, 3.05) is 0 Å². The average Bonchev–Trinajstić information content (AvgIpc) is 2.48. The molecule has 0 aliphatic heterocycles. The molecule has 1 unspecified atom stereocenters. The summed E-state index contributed by atoms with van der Waals surface area (Å²) in [5.41, 5.74) is 2.17. The van der Waals surface area contributed by atoms with Gasteiger partial charge >= 0.3 is 0 Å². The maximum atomic E-state index is 6.30. The van der Waals surface area contributed by atoms with Crippen LogP contribution in [0.1, 0.15) is 16.0 Å². The van der Waals surface area contributed by atoms with E-state index in [1.165, 1.54) is 16.3 Å². The Morgan fingerprint density at radius 1 is 0.800 bits per heavy atom. The number of benzene rings is 3. The molecule has 0 saturated carbocycles. The number of rotatable bonds is 2. The molecule has 3 aromatic rings. The number of hydrogen-bond donors (Lipinski definition) is 0. The first-order valence-electron chi connectivity index (χ1n) is 6.23. The Balaban J connectivity index is 2.17. The minimum atomic E-state index is 0.0137. The fraction of sp³-hybridized carbons (Fsp3) is 0.0588. The molecule has 3 heteroatoms. The summed E-state index contributed by atoms with van der Waals surface area (Å²) in [5, 5.41) is 3.83. The quantitative estimate of drug-likeness (QED) is 0.447. The van der Waals surface area contributed by atoms with E-state index < -0.39 is 0 Å². The van der Waals surface area contributed by atoms with E-state index in [4.69, 9.17) is 23.2 Å². The Kier molecular flexibility index (Phi) is 4.02. The topological polar surface area (TPSA) is 0 Å². The molecule has 3 rings (SSSR count). The lowest BCUT2D eigenvalue weighted by Crippen LogP contribution is -1.95. The average molecular weight is 366 g/mol. The first-order chi connectivity index (χ1) is 9.66. The van der Waals surface area contributed by atoms with Gasteiger partial charge in [-0.25, -0.2) is 0 Å². The molecule has 20 heavy (non-hydrogen) atoms. The molecule has 0 spiro atoms. The van der Waals surface area contributed by atoms with Crippen LogP contribution in [0.15, 0.2) is 60.7 Å². The monoisotopic (exact) mass is 364 g/mol. The van der Waals surface area contributed by atoms with Gasteiger partial charge in [-0.3, -0.25) is 0 Å². The van der Waals surface area contributed by atoms with Crippen molar-refractivity contribution in [2.24, 2.45) is 0 Å². The molecule has 1 atom stereocenters. The molecular weight excluding hydrogens is 355 g/mol. The summed E-state index contributed by atoms with van der Waals surface area (Å²) in [6.07, 6.45) is 0. The predicted octanol–water partition coefficient (Wildman–Crippen LogP) is 6.63. The molecule has 0 aliphatic carbocycles. The molecule has 0 nitrogen and oxygen atoms in total. The van der Waals surface area contributed by atoms with E-state index in [0.29, 0.717) is 10.0 Å². The third-order valence-corrected chi connectivity index (χ3v) is 4.89. The number of alkyl halides is 1. The summed E-state index contributed by atoms with van der Waals surface area (Å²) >= 11 is 16.1. The molecule has 0 N–H and O–H groups in total. The molecule has 0 fully saturated rings. The van der Waals surface area contributed by atoms with Crippen LogP contribution in [-0.2, 0) is 0 Å². The van der Waals surface area contributed by atoms with E-state index in [1.54, 1.807) is 6.07 Å². The van der Waals surface area contributed by atoms with Gasteiger partial charge in [0.25, 0.3) is 0 Å². The van der Waals surface area contributed by atoms with Gasteiger partial charge in [0.15, 0.2) is 0 Å². The standard InChI is InChI=1S/C17H11BrCl2/c18-17(15-10-12(19)8-9-16(15)20)14-7-3-5-11-4-1-2-6-13(11)14/h1-10,17H. The van der Waals surface area contributed by atoms with Crippen LogP contribution < -0.4 is 0 Å². The second-order valence-electron chi connectivity index (χ2n) is 4.60. The van der Waals surface area contributed by atoms with Crippen molar-refractivity contribution in [2.45, 2.75) is 4.83 Å². The maximum Gasteiger partial charge on any atom is 0.0665 e. The summed E-state index contributed by atoms with van der Waals surface area (Å²) in [6.45, 7) is 0. The van der Waals surface area contributed by atoms with Crippen LogP contribution in [0.2, 0.25) is 10.0 Å². The van der Waals surface area contributed by atoms with Crippen LogP contribution in [-0.4, -0.2) is 0 Å². The highest BCUT2D eigenvalue weighted by molar-refractivity contribution is 9.09. The SMILES string of the molecule is Clc1ccc(Cl)c(C(Br)c2cccc3ccccc23)c1. The zero-order chi connectivity index (χ0) is 14.1. The first kappa shape index (κ1) is 13.9. The van der Waals surface area contributed by atoms with Crippen LogP contribution in [0.3, 0.4) is 0 Å². The molecular formula is C17H11BrCl2. The van der Waals surface area contributed by atoms with Gasteiger partial charge in [0.2, 0.25) is 0 Å².